The maximum absolute atomic E-state index is 6.26. The van der Waals surface area contributed by atoms with Crippen LogP contribution in [0.25, 0.3) is 0 Å². The molecular weight excluding hydrogens is 308 g/mol. The number of hydrogen-bond donors (Lipinski definition) is 0. The van der Waals surface area contributed by atoms with Crippen LogP contribution in [0.15, 0.2) is 12.2 Å². The fraction of sp³-hybridized carbons (Fsp3) is 0.739. The monoisotopic (exact) mass is 346 g/mol. The SMILES string of the molecule is C#CC(C)(C)OC(C=CC)(CCCCCCCCC)OC(C)(C)C#C. The normalized spacial score (nSPS) is 13.0. The second kappa shape index (κ2) is 11.4. The second-order valence-electron chi connectivity index (χ2n) is 7.70. The van der Waals surface area contributed by atoms with Gasteiger partial charge in [0, 0.05) is 6.42 Å². The van der Waals surface area contributed by atoms with Gasteiger partial charge in [-0.15, -0.1) is 12.8 Å². The zero-order valence-corrected chi connectivity index (χ0v) is 17.3. The molecule has 2 heteroatoms. The van der Waals surface area contributed by atoms with Crippen LogP contribution in [-0.4, -0.2) is 17.0 Å². The first-order valence-corrected chi connectivity index (χ1v) is 9.65. The van der Waals surface area contributed by atoms with Gasteiger partial charge < -0.3 is 9.47 Å². The van der Waals surface area contributed by atoms with Crippen LogP contribution in [0.1, 0.15) is 92.9 Å². The first-order valence-electron chi connectivity index (χ1n) is 9.65. The van der Waals surface area contributed by atoms with Gasteiger partial charge in [0.25, 0.3) is 0 Å². The molecule has 0 radical (unpaired) electrons. The average molecular weight is 347 g/mol. The van der Waals surface area contributed by atoms with Crippen molar-refractivity contribution < 1.29 is 9.47 Å². The van der Waals surface area contributed by atoms with Crippen molar-refractivity contribution in [3.63, 3.8) is 0 Å². The highest BCUT2D eigenvalue weighted by atomic mass is 16.7. The van der Waals surface area contributed by atoms with Gasteiger partial charge in [0.05, 0.1) is 0 Å². The van der Waals surface area contributed by atoms with E-state index in [0.29, 0.717) is 0 Å². The molecule has 0 aromatic carbocycles. The maximum Gasteiger partial charge on any atom is 0.191 e. The van der Waals surface area contributed by atoms with Crippen LogP contribution >= 0.6 is 0 Å². The summed E-state index contributed by atoms with van der Waals surface area (Å²) in [7, 11) is 0. The molecule has 0 aliphatic carbocycles. The van der Waals surface area contributed by atoms with E-state index in [9.17, 15) is 0 Å². The van der Waals surface area contributed by atoms with E-state index in [1.165, 1.54) is 32.1 Å². The molecule has 0 unspecified atom stereocenters. The Hall–Kier alpha value is -1.22. The minimum atomic E-state index is -0.899. The molecule has 2 nitrogen and oxygen atoms in total. The Balaban J connectivity index is 5.03. The van der Waals surface area contributed by atoms with Crippen LogP contribution in [0.3, 0.4) is 0 Å². The lowest BCUT2D eigenvalue weighted by atomic mass is 10.0. The third kappa shape index (κ3) is 10.4. The molecule has 0 fully saturated rings. The highest BCUT2D eigenvalue weighted by molar-refractivity contribution is 5.10. The predicted octanol–water partition coefficient (Wildman–Crippen LogP) is 6.26. The van der Waals surface area contributed by atoms with Gasteiger partial charge in [-0.1, -0.05) is 63.4 Å². The molecule has 0 atom stereocenters. The molecule has 0 spiro atoms. The fourth-order valence-electron chi connectivity index (χ4n) is 2.78. The summed E-state index contributed by atoms with van der Waals surface area (Å²) >= 11 is 0. The number of ether oxygens (including phenoxy) is 2. The molecule has 25 heavy (non-hydrogen) atoms. The van der Waals surface area contributed by atoms with Gasteiger partial charge in [-0.2, -0.15) is 0 Å². The van der Waals surface area contributed by atoms with Gasteiger partial charge in [-0.05, 0) is 47.1 Å². The second-order valence-corrected chi connectivity index (χ2v) is 7.70. The molecule has 0 saturated heterocycles. The molecule has 0 bridgehead atoms. The topological polar surface area (TPSA) is 18.5 Å². The molecule has 0 aliphatic heterocycles. The fourth-order valence-corrected chi connectivity index (χ4v) is 2.78. The largest absolute Gasteiger partial charge is 0.328 e. The molecule has 0 aromatic heterocycles. The van der Waals surface area contributed by atoms with Gasteiger partial charge in [0.15, 0.2) is 5.79 Å². The van der Waals surface area contributed by atoms with E-state index in [2.05, 4.69) is 18.8 Å². The van der Waals surface area contributed by atoms with E-state index in [0.717, 1.165) is 19.3 Å². The zero-order chi connectivity index (χ0) is 19.4. The van der Waals surface area contributed by atoms with E-state index in [-0.39, 0.29) is 0 Å². The van der Waals surface area contributed by atoms with E-state index in [1.807, 2.05) is 46.8 Å². The van der Waals surface area contributed by atoms with Crippen molar-refractivity contribution in [1.82, 2.24) is 0 Å². The van der Waals surface area contributed by atoms with Crippen LogP contribution in [0.5, 0.6) is 0 Å². The van der Waals surface area contributed by atoms with Crippen LogP contribution in [0, 0.1) is 24.7 Å². The molecule has 0 rings (SSSR count). The number of unbranched alkanes of at least 4 members (excludes halogenated alkanes) is 6. The lowest BCUT2D eigenvalue weighted by molar-refractivity contribution is -0.272. The van der Waals surface area contributed by atoms with E-state index in [1.54, 1.807) is 0 Å². The summed E-state index contributed by atoms with van der Waals surface area (Å²) in [6, 6.07) is 0. The number of hydrogen-bond acceptors (Lipinski definition) is 2. The van der Waals surface area contributed by atoms with Gasteiger partial charge in [-0.25, -0.2) is 0 Å². The summed E-state index contributed by atoms with van der Waals surface area (Å²) in [6.07, 6.45) is 24.5. The van der Waals surface area contributed by atoms with Gasteiger partial charge in [-0.3, -0.25) is 0 Å². The lowest BCUT2D eigenvalue weighted by Crippen LogP contribution is -2.46. The Morgan fingerprint density at radius 3 is 1.64 bits per heavy atom. The summed E-state index contributed by atoms with van der Waals surface area (Å²) < 4.78 is 12.5. The highest BCUT2D eigenvalue weighted by Crippen LogP contribution is 2.33. The highest BCUT2D eigenvalue weighted by Gasteiger charge is 2.39. The summed E-state index contributed by atoms with van der Waals surface area (Å²) in [5.41, 5.74) is -1.46. The minimum Gasteiger partial charge on any atom is -0.328 e. The maximum atomic E-state index is 6.26. The molecule has 142 valence electrons. The Morgan fingerprint density at radius 2 is 1.24 bits per heavy atom. The van der Waals surface area contributed by atoms with Gasteiger partial charge in [0.1, 0.15) is 11.2 Å². The molecule has 0 aromatic rings. The Morgan fingerprint density at radius 1 is 0.800 bits per heavy atom. The molecular formula is C23H38O2. The first-order chi connectivity index (χ1) is 11.7. The van der Waals surface area contributed by atoms with Gasteiger partial charge >= 0.3 is 0 Å². The van der Waals surface area contributed by atoms with Crippen LogP contribution < -0.4 is 0 Å². The summed E-state index contributed by atoms with van der Waals surface area (Å²) in [5, 5.41) is 0. The minimum absolute atomic E-state index is 0.731. The number of allylic oxidation sites excluding steroid dienone is 1. The van der Waals surface area contributed by atoms with Crippen LogP contribution in [0.4, 0.5) is 0 Å². The van der Waals surface area contributed by atoms with Crippen molar-refractivity contribution in [3.8, 4) is 24.7 Å². The predicted molar refractivity (Wildman–Crippen MR) is 108 cm³/mol. The van der Waals surface area contributed by atoms with E-state index >= 15 is 0 Å². The average Bonchev–Trinajstić information content (AvgIpc) is 2.53. The molecule has 0 amide bonds. The Kier molecular flexibility index (Phi) is 10.8. The zero-order valence-electron chi connectivity index (χ0n) is 17.3. The Labute approximate surface area is 156 Å². The number of terminal acetylenes is 2. The molecule has 0 saturated carbocycles. The lowest BCUT2D eigenvalue weighted by Gasteiger charge is -2.40. The third-order valence-corrected chi connectivity index (χ3v) is 4.10. The van der Waals surface area contributed by atoms with Crippen LogP contribution in [0.2, 0.25) is 0 Å². The van der Waals surface area contributed by atoms with E-state index < -0.39 is 17.0 Å². The smallest absolute Gasteiger partial charge is 0.191 e. The van der Waals surface area contributed by atoms with Gasteiger partial charge in [0.2, 0.25) is 0 Å². The third-order valence-electron chi connectivity index (χ3n) is 4.10. The van der Waals surface area contributed by atoms with Crippen molar-refractivity contribution in [2.75, 3.05) is 0 Å². The van der Waals surface area contributed by atoms with Crippen molar-refractivity contribution in [2.24, 2.45) is 0 Å². The number of rotatable bonds is 13. The molecule has 0 N–H and O–H groups in total. The molecule has 0 heterocycles. The van der Waals surface area contributed by atoms with Crippen molar-refractivity contribution in [3.05, 3.63) is 12.2 Å². The summed E-state index contributed by atoms with van der Waals surface area (Å²) in [4.78, 5) is 0. The van der Waals surface area contributed by atoms with E-state index in [4.69, 9.17) is 22.3 Å². The molecule has 0 aliphatic rings. The van der Waals surface area contributed by atoms with Crippen LogP contribution in [-0.2, 0) is 9.47 Å². The summed E-state index contributed by atoms with van der Waals surface area (Å²) in [5.74, 6) is 4.49. The Bertz CT molecular complexity index is 443. The van der Waals surface area contributed by atoms with Crippen molar-refractivity contribution in [2.45, 2.75) is 110 Å². The van der Waals surface area contributed by atoms with Crippen molar-refractivity contribution >= 4 is 0 Å². The standard InChI is InChI=1S/C23H38O2/c1-9-13-14-15-16-17-18-20-23(19-10-2,24-21(5,6)11-3)25-22(7,8)12-4/h3-4,10,19H,9,13-18,20H2,1-2,5-8H3. The van der Waals surface area contributed by atoms with Crippen molar-refractivity contribution in [1.29, 1.82) is 0 Å². The summed E-state index contributed by atoms with van der Waals surface area (Å²) in [6.45, 7) is 11.7. The first kappa shape index (κ1) is 23.8. The quantitative estimate of drug-likeness (QED) is 0.170.